The zero-order valence-corrected chi connectivity index (χ0v) is 18.8. The Bertz CT molecular complexity index is 1040. The first-order chi connectivity index (χ1) is 15.1. The van der Waals surface area contributed by atoms with E-state index < -0.39 is 0 Å². The number of carbonyl (C=O) groups excluding carboxylic acids is 2. The molecule has 1 aliphatic heterocycles. The topological polar surface area (TPSA) is 74.3 Å². The molecular weight excluding hydrogens is 428 g/mol. The number of likely N-dealkylation sites (tertiary alicyclic amines) is 1. The molecule has 1 unspecified atom stereocenters. The van der Waals surface area contributed by atoms with E-state index in [-0.39, 0.29) is 17.9 Å². The highest BCUT2D eigenvalue weighted by Gasteiger charge is 2.29. The van der Waals surface area contributed by atoms with E-state index in [1.165, 1.54) is 16.2 Å². The van der Waals surface area contributed by atoms with Gasteiger partial charge in [-0.15, -0.1) is 23.1 Å². The molecule has 1 saturated heterocycles. The number of aromatic nitrogens is 1. The SMILES string of the molecule is CSc1ccc(-c2csc(NC(=O)C3CCCN(C(=O)Nc4ccccc4)C3)n2)cc1. The number of rotatable bonds is 5. The maximum absolute atomic E-state index is 12.8. The minimum Gasteiger partial charge on any atom is -0.324 e. The molecule has 0 aliphatic carbocycles. The molecule has 2 N–H and O–H groups in total. The average Bonchev–Trinajstić information content (AvgIpc) is 3.28. The van der Waals surface area contributed by atoms with E-state index in [9.17, 15) is 9.59 Å². The molecule has 3 amide bonds. The highest BCUT2D eigenvalue weighted by Crippen LogP contribution is 2.28. The summed E-state index contributed by atoms with van der Waals surface area (Å²) < 4.78 is 0. The van der Waals surface area contributed by atoms with E-state index in [1.54, 1.807) is 16.7 Å². The van der Waals surface area contributed by atoms with Crippen LogP contribution in [0.3, 0.4) is 0 Å². The number of nitrogens with one attached hydrogen (secondary N) is 2. The van der Waals surface area contributed by atoms with Crippen molar-refractivity contribution in [2.24, 2.45) is 5.92 Å². The monoisotopic (exact) mass is 452 g/mol. The van der Waals surface area contributed by atoms with Crippen LogP contribution >= 0.6 is 23.1 Å². The van der Waals surface area contributed by atoms with Gasteiger partial charge in [0.2, 0.25) is 5.91 Å². The normalized spacial score (nSPS) is 16.0. The van der Waals surface area contributed by atoms with Crippen molar-refractivity contribution >= 4 is 45.9 Å². The Labute approximate surface area is 190 Å². The number of nitrogens with zero attached hydrogens (tertiary/aromatic N) is 2. The molecule has 31 heavy (non-hydrogen) atoms. The van der Waals surface area contributed by atoms with Crippen molar-refractivity contribution < 1.29 is 9.59 Å². The summed E-state index contributed by atoms with van der Waals surface area (Å²) in [6.07, 6.45) is 3.60. The molecule has 0 bridgehead atoms. The highest BCUT2D eigenvalue weighted by atomic mass is 32.2. The molecule has 2 aromatic carbocycles. The lowest BCUT2D eigenvalue weighted by molar-refractivity contribution is -0.121. The van der Waals surface area contributed by atoms with Crippen molar-refractivity contribution in [2.75, 3.05) is 30.0 Å². The molecule has 1 fully saturated rings. The van der Waals surface area contributed by atoms with Gasteiger partial charge in [0.05, 0.1) is 11.6 Å². The molecule has 2 heterocycles. The number of benzene rings is 2. The van der Waals surface area contributed by atoms with Crippen LogP contribution < -0.4 is 10.6 Å². The average molecular weight is 453 g/mol. The summed E-state index contributed by atoms with van der Waals surface area (Å²) in [5, 5.41) is 8.37. The first-order valence-electron chi connectivity index (χ1n) is 10.1. The van der Waals surface area contributed by atoms with Crippen LogP contribution in [-0.2, 0) is 4.79 Å². The molecular formula is C23H24N4O2S2. The predicted molar refractivity (Wildman–Crippen MR) is 128 cm³/mol. The van der Waals surface area contributed by atoms with Crippen molar-refractivity contribution in [2.45, 2.75) is 17.7 Å². The quantitative estimate of drug-likeness (QED) is 0.507. The molecule has 160 valence electrons. The van der Waals surface area contributed by atoms with Crippen molar-refractivity contribution in [1.82, 2.24) is 9.88 Å². The number of thioether (sulfide) groups is 1. The zero-order chi connectivity index (χ0) is 21.6. The number of hydrogen-bond donors (Lipinski definition) is 2. The second-order valence-electron chi connectivity index (χ2n) is 7.34. The molecule has 0 radical (unpaired) electrons. The first-order valence-corrected chi connectivity index (χ1v) is 12.2. The van der Waals surface area contributed by atoms with E-state index in [0.29, 0.717) is 18.2 Å². The molecule has 3 aromatic rings. The van der Waals surface area contributed by atoms with Crippen molar-refractivity contribution in [3.63, 3.8) is 0 Å². The number of amides is 3. The smallest absolute Gasteiger partial charge is 0.321 e. The van der Waals surface area contributed by atoms with Gasteiger partial charge in [-0.1, -0.05) is 30.3 Å². The Morgan fingerprint density at radius 3 is 2.61 bits per heavy atom. The van der Waals surface area contributed by atoms with Gasteiger partial charge in [-0.2, -0.15) is 0 Å². The number of hydrogen-bond acceptors (Lipinski definition) is 5. The minimum absolute atomic E-state index is 0.0872. The summed E-state index contributed by atoms with van der Waals surface area (Å²) in [6, 6.07) is 17.4. The highest BCUT2D eigenvalue weighted by molar-refractivity contribution is 7.98. The number of urea groups is 1. The second-order valence-corrected chi connectivity index (χ2v) is 9.07. The molecule has 1 atom stereocenters. The van der Waals surface area contributed by atoms with Crippen LogP contribution in [0.15, 0.2) is 64.9 Å². The maximum Gasteiger partial charge on any atom is 0.321 e. The van der Waals surface area contributed by atoms with E-state index in [4.69, 9.17) is 0 Å². The van der Waals surface area contributed by atoms with Gasteiger partial charge in [-0.3, -0.25) is 4.79 Å². The van der Waals surface area contributed by atoms with Gasteiger partial charge in [-0.05, 0) is 43.4 Å². The number of anilines is 2. The molecule has 1 aromatic heterocycles. The standard InChI is InChI=1S/C23H24N4O2S2/c1-30-19-11-9-16(10-12-19)20-15-31-22(25-20)26-21(28)17-6-5-13-27(14-17)23(29)24-18-7-3-2-4-8-18/h2-4,7-12,15,17H,5-6,13-14H2,1H3,(H,24,29)(H,25,26,28). The van der Waals surface area contributed by atoms with Gasteiger partial charge in [0.15, 0.2) is 5.13 Å². The molecule has 4 rings (SSSR count). The fraction of sp³-hybridized carbons (Fsp3) is 0.261. The van der Waals surface area contributed by atoms with Crippen LogP contribution in [0.2, 0.25) is 0 Å². The van der Waals surface area contributed by atoms with Crippen LogP contribution in [0.4, 0.5) is 15.6 Å². The third-order valence-corrected chi connectivity index (χ3v) is 6.73. The predicted octanol–water partition coefficient (Wildman–Crippen LogP) is 5.41. The maximum atomic E-state index is 12.8. The van der Waals surface area contributed by atoms with E-state index in [2.05, 4.69) is 27.8 Å². The summed E-state index contributed by atoms with van der Waals surface area (Å²) >= 11 is 3.11. The Kier molecular flexibility index (Phi) is 6.89. The Morgan fingerprint density at radius 2 is 1.87 bits per heavy atom. The van der Waals surface area contributed by atoms with Gasteiger partial charge in [0.1, 0.15) is 0 Å². The summed E-state index contributed by atoms with van der Waals surface area (Å²) in [7, 11) is 0. The summed E-state index contributed by atoms with van der Waals surface area (Å²) in [5.74, 6) is -0.334. The van der Waals surface area contributed by atoms with Crippen molar-refractivity contribution in [3.05, 3.63) is 60.0 Å². The molecule has 0 saturated carbocycles. The van der Waals surface area contributed by atoms with Gasteiger partial charge in [0.25, 0.3) is 0 Å². The molecule has 0 spiro atoms. The number of carbonyl (C=O) groups is 2. The number of para-hydroxylation sites is 1. The Morgan fingerprint density at radius 1 is 1.10 bits per heavy atom. The van der Waals surface area contributed by atoms with Crippen molar-refractivity contribution in [1.29, 1.82) is 0 Å². The van der Waals surface area contributed by atoms with E-state index in [0.717, 1.165) is 29.8 Å². The van der Waals surface area contributed by atoms with Crippen LogP contribution in [0.1, 0.15) is 12.8 Å². The third-order valence-electron chi connectivity index (χ3n) is 5.22. The van der Waals surface area contributed by atoms with Crippen LogP contribution in [0.5, 0.6) is 0 Å². The fourth-order valence-corrected chi connectivity index (χ4v) is 4.66. The number of piperidine rings is 1. The van der Waals surface area contributed by atoms with Crippen LogP contribution in [-0.4, -0.2) is 41.2 Å². The van der Waals surface area contributed by atoms with E-state index in [1.807, 2.05) is 54.1 Å². The first kappa shape index (κ1) is 21.4. The third kappa shape index (κ3) is 5.45. The fourth-order valence-electron chi connectivity index (χ4n) is 3.53. The summed E-state index contributed by atoms with van der Waals surface area (Å²) in [5.41, 5.74) is 2.62. The lowest BCUT2D eigenvalue weighted by atomic mass is 9.97. The zero-order valence-electron chi connectivity index (χ0n) is 17.2. The van der Waals surface area contributed by atoms with Gasteiger partial charge >= 0.3 is 6.03 Å². The Balaban J connectivity index is 1.35. The number of thiazole rings is 1. The van der Waals surface area contributed by atoms with Crippen LogP contribution in [0, 0.1) is 5.92 Å². The second kappa shape index (κ2) is 9.98. The van der Waals surface area contributed by atoms with Crippen LogP contribution in [0.25, 0.3) is 11.3 Å². The van der Waals surface area contributed by atoms with Gasteiger partial charge < -0.3 is 15.5 Å². The summed E-state index contributed by atoms with van der Waals surface area (Å²) in [4.78, 5) is 32.9. The van der Waals surface area contributed by atoms with Crippen molar-refractivity contribution in [3.8, 4) is 11.3 Å². The van der Waals surface area contributed by atoms with Gasteiger partial charge in [0, 0.05) is 34.6 Å². The minimum atomic E-state index is -0.247. The largest absolute Gasteiger partial charge is 0.324 e. The lowest BCUT2D eigenvalue weighted by Crippen LogP contribution is -2.45. The molecule has 6 nitrogen and oxygen atoms in total. The molecule has 1 aliphatic rings. The van der Waals surface area contributed by atoms with E-state index >= 15 is 0 Å². The molecule has 8 heteroatoms. The summed E-state index contributed by atoms with van der Waals surface area (Å²) in [6.45, 7) is 1.05. The lowest BCUT2D eigenvalue weighted by Gasteiger charge is -2.31. The van der Waals surface area contributed by atoms with Gasteiger partial charge in [-0.25, -0.2) is 9.78 Å². The Hall–Kier alpha value is -2.84.